The molecule has 0 unspecified atom stereocenters. The maximum atomic E-state index is 12.3. The molecule has 0 radical (unpaired) electrons. The van der Waals surface area contributed by atoms with E-state index in [-0.39, 0.29) is 18.4 Å². The highest BCUT2D eigenvalue weighted by Crippen LogP contribution is 2.28. The maximum Gasteiger partial charge on any atom is 0.269 e. The molecule has 0 aliphatic heterocycles. The smallest absolute Gasteiger partial charge is 0.269 e. The molecule has 150 valence electrons. The molecule has 0 aliphatic carbocycles. The van der Waals surface area contributed by atoms with E-state index in [1.807, 2.05) is 26.0 Å². The maximum absolute atomic E-state index is 12.3. The predicted molar refractivity (Wildman–Crippen MR) is 109 cm³/mol. The summed E-state index contributed by atoms with van der Waals surface area (Å²) in [5.74, 6) is 0.352. The first-order valence-electron chi connectivity index (χ1n) is 9.44. The van der Waals surface area contributed by atoms with Crippen molar-refractivity contribution in [1.29, 1.82) is 0 Å². The van der Waals surface area contributed by atoms with Gasteiger partial charge in [-0.3, -0.25) is 20.4 Å². The van der Waals surface area contributed by atoms with Crippen molar-refractivity contribution in [3.63, 3.8) is 0 Å². The first-order chi connectivity index (χ1) is 13.4. The zero-order valence-electron chi connectivity index (χ0n) is 16.9. The molecule has 0 bridgehead atoms. The van der Waals surface area contributed by atoms with Crippen molar-refractivity contribution in [3.05, 3.63) is 59.2 Å². The number of rotatable bonds is 8. The Labute approximate surface area is 166 Å². The van der Waals surface area contributed by atoms with Crippen LogP contribution < -0.4 is 20.3 Å². The lowest BCUT2D eigenvalue weighted by Gasteiger charge is -2.14. The average molecular weight is 384 g/mol. The largest absolute Gasteiger partial charge is 0.493 e. The molecule has 0 fully saturated rings. The van der Waals surface area contributed by atoms with Crippen molar-refractivity contribution in [2.45, 2.75) is 46.1 Å². The Bertz CT molecular complexity index is 801. The van der Waals surface area contributed by atoms with Gasteiger partial charge in [0, 0.05) is 12.0 Å². The zero-order valence-corrected chi connectivity index (χ0v) is 16.9. The lowest BCUT2D eigenvalue weighted by Crippen LogP contribution is -2.41. The van der Waals surface area contributed by atoms with E-state index in [0.29, 0.717) is 23.5 Å². The molecule has 0 aromatic heterocycles. The van der Waals surface area contributed by atoms with Crippen LogP contribution in [0.1, 0.15) is 48.7 Å². The van der Waals surface area contributed by atoms with Crippen molar-refractivity contribution in [2.75, 3.05) is 7.11 Å². The molecule has 6 nitrogen and oxygen atoms in total. The Kier molecular flexibility index (Phi) is 7.87. The Morgan fingerprint density at radius 3 is 2.25 bits per heavy atom. The highest BCUT2D eigenvalue weighted by atomic mass is 16.5. The van der Waals surface area contributed by atoms with Gasteiger partial charge >= 0.3 is 0 Å². The number of aryl methyl sites for hydroxylation is 2. The molecule has 2 rings (SSSR count). The Hall–Kier alpha value is -3.02. The number of ether oxygens (including phenoxy) is 2. The molecule has 0 spiro atoms. The van der Waals surface area contributed by atoms with Gasteiger partial charge in [0.05, 0.1) is 13.2 Å². The number of nitrogens with one attached hydrogen (secondary N) is 2. The normalized spacial score (nSPS) is 10.5. The van der Waals surface area contributed by atoms with Gasteiger partial charge in [-0.1, -0.05) is 31.2 Å². The van der Waals surface area contributed by atoms with Crippen LogP contribution in [-0.4, -0.2) is 25.0 Å². The number of hydrazine groups is 1. The molecule has 0 saturated carbocycles. The van der Waals surface area contributed by atoms with E-state index < -0.39 is 5.91 Å². The molecular weight excluding hydrogens is 356 g/mol. The summed E-state index contributed by atoms with van der Waals surface area (Å²) in [5, 5.41) is 0. The quantitative estimate of drug-likeness (QED) is 0.684. The third-order valence-electron chi connectivity index (χ3n) is 4.18. The number of hydrogen-bond donors (Lipinski definition) is 2. The van der Waals surface area contributed by atoms with Crippen molar-refractivity contribution in [2.24, 2.45) is 0 Å². The van der Waals surface area contributed by atoms with Crippen molar-refractivity contribution >= 4 is 11.8 Å². The van der Waals surface area contributed by atoms with Gasteiger partial charge in [0.2, 0.25) is 5.91 Å². The van der Waals surface area contributed by atoms with Gasteiger partial charge in [0.1, 0.15) is 0 Å². The summed E-state index contributed by atoms with van der Waals surface area (Å²) in [6.07, 6.45) is 1.88. The lowest BCUT2D eigenvalue weighted by molar-refractivity contribution is -0.121. The molecular formula is C22H28N2O4. The minimum absolute atomic E-state index is 0.00830. The van der Waals surface area contributed by atoms with Gasteiger partial charge in [-0.25, -0.2) is 0 Å². The summed E-state index contributed by atoms with van der Waals surface area (Å²) < 4.78 is 10.9. The number of amides is 2. The van der Waals surface area contributed by atoms with E-state index in [2.05, 4.69) is 29.9 Å². The SMILES string of the molecule is CCc1ccc(CCC(=O)NNC(=O)c2ccc(OC(C)C)c(OC)c2)cc1. The highest BCUT2D eigenvalue weighted by molar-refractivity contribution is 5.96. The fourth-order valence-corrected chi connectivity index (χ4v) is 2.62. The Balaban J connectivity index is 1.85. The molecule has 2 N–H and O–H groups in total. The molecule has 0 aliphatic rings. The standard InChI is InChI=1S/C22H28N2O4/c1-5-16-6-8-17(9-7-16)10-13-21(25)23-24-22(26)18-11-12-19(28-15(2)3)20(14-18)27-4/h6-9,11-12,14-15H,5,10,13H2,1-4H3,(H,23,25)(H,24,26). The minimum Gasteiger partial charge on any atom is -0.493 e. The van der Waals surface area contributed by atoms with Gasteiger partial charge in [-0.15, -0.1) is 0 Å². The summed E-state index contributed by atoms with van der Waals surface area (Å²) in [5.41, 5.74) is 7.59. The highest BCUT2D eigenvalue weighted by Gasteiger charge is 2.13. The van der Waals surface area contributed by atoms with Gasteiger partial charge in [0.15, 0.2) is 11.5 Å². The van der Waals surface area contributed by atoms with E-state index in [9.17, 15) is 9.59 Å². The van der Waals surface area contributed by atoms with Crippen LogP contribution in [0.2, 0.25) is 0 Å². The molecule has 0 heterocycles. The van der Waals surface area contributed by atoms with Crippen LogP contribution >= 0.6 is 0 Å². The van der Waals surface area contributed by atoms with E-state index in [0.717, 1.165) is 12.0 Å². The lowest BCUT2D eigenvalue weighted by atomic mass is 10.1. The fraction of sp³-hybridized carbons (Fsp3) is 0.364. The number of methoxy groups -OCH3 is 1. The topological polar surface area (TPSA) is 76.7 Å². The molecule has 0 atom stereocenters. The van der Waals surface area contributed by atoms with E-state index in [1.54, 1.807) is 18.2 Å². The molecule has 2 aromatic rings. The van der Waals surface area contributed by atoms with Crippen LogP contribution in [0.5, 0.6) is 11.5 Å². The minimum atomic E-state index is -0.421. The van der Waals surface area contributed by atoms with Crippen molar-refractivity contribution in [1.82, 2.24) is 10.9 Å². The molecule has 2 amide bonds. The summed E-state index contributed by atoms with van der Waals surface area (Å²) in [4.78, 5) is 24.3. The van der Waals surface area contributed by atoms with E-state index >= 15 is 0 Å². The van der Waals surface area contributed by atoms with Crippen LogP contribution in [-0.2, 0) is 17.6 Å². The van der Waals surface area contributed by atoms with Gasteiger partial charge in [-0.2, -0.15) is 0 Å². The third-order valence-corrected chi connectivity index (χ3v) is 4.18. The van der Waals surface area contributed by atoms with Crippen LogP contribution in [0, 0.1) is 0 Å². The van der Waals surface area contributed by atoms with Crippen LogP contribution in [0.3, 0.4) is 0 Å². The van der Waals surface area contributed by atoms with Crippen molar-refractivity contribution < 1.29 is 19.1 Å². The number of carbonyl (C=O) groups excluding carboxylic acids is 2. The monoisotopic (exact) mass is 384 g/mol. The summed E-state index contributed by atoms with van der Waals surface area (Å²) >= 11 is 0. The number of hydrogen-bond acceptors (Lipinski definition) is 4. The van der Waals surface area contributed by atoms with E-state index in [1.165, 1.54) is 12.7 Å². The molecule has 2 aromatic carbocycles. The first-order valence-corrected chi connectivity index (χ1v) is 9.44. The van der Waals surface area contributed by atoms with Crippen LogP contribution in [0.15, 0.2) is 42.5 Å². The summed E-state index contributed by atoms with van der Waals surface area (Å²) in [7, 11) is 1.51. The van der Waals surface area contributed by atoms with Gasteiger partial charge in [-0.05, 0) is 56.0 Å². The van der Waals surface area contributed by atoms with E-state index in [4.69, 9.17) is 9.47 Å². The second-order valence-corrected chi connectivity index (χ2v) is 6.70. The predicted octanol–water partition coefficient (Wildman–Crippen LogP) is 3.44. The van der Waals surface area contributed by atoms with Gasteiger partial charge < -0.3 is 9.47 Å². The van der Waals surface area contributed by atoms with Crippen LogP contribution in [0.25, 0.3) is 0 Å². The number of benzene rings is 2. The Morgan fingerprint density at radius 1 is 0.964 bits per heavy atom. The first kappa shape index (κ1) is 21.3. The fourth-order valence-electron chi connectivity index (χ4n) is 2.62. The van der Waals surface area contributed by atoms with Gasteiger partial charge in [0.25, 0.3) is 5.91 Å². The average Bonchev–Trinajstić information content (AvgIpc) is 2.70. The summed E-state index contributed by atoms with van der Waals surface area (Å²) in [6, 6.07) is 13.1. The second kappa shape index (κ2) is 10.3. The zero-order chi connectivity index (χ0) is 20.5. The number of carbonyl (C=O) groups is 2. The van der Waals surface area contributed by atoms with Crippen molar-refractivity contribution in [3.8, 4) is 11.5 Å². The second-order valence-electron chi connectivity index (χ2n) is 6.70. The Morgan fingerprint density at radius 2 is 1.64 bits per heavy atom. The molecule has 6 heteroatoms. The third kappa shape index (κ3) is 6.30. The molecule has 0 saturated heterocycles. The molecule has 28 heavy (non-hydrogen) atoms. The summed E-state index contributed by atoms with van der Waals surface area (Å²) in [6.45, 7) is 5.92. The van der Waals surface area contributed by atoms with Crippen LogP contribution in [0.4, 0.5) is 0 Å².